The van der Waals surface area contributed by atoms with Crippen LogP contribution in [0.2, 0.25) is 5.02 Å². The number of aromatic nitrogens is 5. The molecular formula is C13H12ClN5OS. The Morgan fingerprint density at radius 3 is 2.95 bits per heavy atom. The maximum atomic E-state index is 6.02. The van der Waals surface area contributed by atoms with Crippen LogP contribution in [-0.4, -0.2) is 24.9 Å². The number of nitrogens with zero attached hydrogens (tertiary/aromatic N) is 5. The van der Waals surface area contributed by atoms with Gasteiger partial charge in [0.25, 0.3) is 0 Å². The highest BCUT2D eigenvalue weighted by atomic mass is 35.5. The molecule has 8 heteroatoms. The van der Waals surface area contributed by atoms with Gasteiger partial charge in [-0.15, -0.1) is 10.2 Å². The highest BCUT2D eigenvalue weighted by Crippen LogP contribution is 2.33. The van der Waals surface area contributed by atoms with E-state index in [4.69, 9.17) is 16.1 Å². The van der Waals surface area contributed by atoms with Crippen LogP contribution in [0.1, 0.15) is 23.9 Å². The fourth-order valence-corrected chi connectivity index (χ4v) is 2.85. The van der Waals surface area contributed by atoms with Crippen LogP contribution in [0.4, 0.5) is 0 Å². The van der Waals surface area contributed by atoms with Crippen molar-refractivity contribution < 1.29 is 4.52 Å². The third-order valence-corrected chi connectivity index (χ3v) is 4.06. The first kappa shape index (κ1) is 14.1. The van der Waals surface area contributed by atoms with E-state index in [1.165, 1.54) is 11.8 Å². The Kier molecular flexibility index (Phi) is 3.94. The molecule has 0 radical (unpaired) electrons. The normalized spacial score (nSPS) is 12.5. The Hall–Kier alpha value is -1.86. The van der Waals surface area contributed by atoms with E-state index in [1.807, 2.05) is 35.8 Å². The first-order valence-electron chi connectivity index (χ1n) is 6.26. The summed E-state index contributed by atoms with van der Waals surface area (Å²) >= 11 is 7.52. The lowest BCUT2D eigenvalue weighted by Gasteiger charge is -2.08. The molecule has 1 aromatic carbocycles. The maximum absolute atomic E-state index is 6.02. The van der Waals surface area contributed by atoms with E-state index in [2.05, 4.69) is 20.3 Å². The molecule has 0 fully saturated rings. The average molecular weight is 322 g/mol. The van der Waals surface area contributed by atoms with Crippen molar-refractivity contribution in [2.45, 2.75) is 24.3 Å². The van der Waals surface area contributed by atoms with Gasteiger partial charge in [0.2, 0.25) is 5.89 Å². The molecular weight excluding hydrogens is 310 g/mol. The zero-order valence-corrected chi connectivity index (χ0v) is 13.0. The Labute approximate surface area is 130 Å². The van der Waals surface area contributed by atoms with Gasteiger partial charge in [-0.2, -0.15) is 4.98 Å². The van der Waals surface area contributed by atoms with Gasteiger partial charge in [0, 0.05) is 5.02 Å². The number of thioether (sulfide) groups is 1. The number of hydrogen-bond donors (Lipinski definition) is 0. The Bertz CT molecular complexity index is 756. The van der Waals surface area contributed by atoms with Crippen molar-refractivity contribution in [1.82, 2.24) is 24.9 Å². The van der Waals surface area contributed by atoms with E-state index in [1.54, 1.807) is 13.3 Å². The van der Waals surface area contributed by atoms with Crippen molar-refractivity contribution in [3.63, 3.8) is 0 Å². The molecule has 3 rings (SSSR count). The standard InChI is InChI=1S/C13H12ClN5OS/c1-8(12-16-9(2)18-20-12)21-13-17-15-7-19(13)11-5-3-4-10(14)6-11/h3-8H,1-2H3. The van der Waals surface area contributed by atoms with Crippen LogP contribution in [0.5, 0.6) is 0 Å². The zero-order valence-electron chi connectivity index (χ0n) is 11.4. The number of benzene rings is 1. The fraction of sp³-hybridized carbons (Fsp3) is 0.231. The topological polar surface area (TPSA) is 69.6 Å². The van der Waals surface area contributed by atoms with Crippen LogP contribution in [0.3, 0.4) is 0 Å². The van der Waals surface area contributed by atoms with E-state index >= 15 is 0 Å². The molecule has 0 bridgehead atoms. The van der Waals surface area contributed by atoms with Crippen molar-refractivity contribution in [3.8, 4) is 5.69 Å². The summed E-state index contributed by atoms with van der Waals surface area (Å²) in [5, 5.41) is 13.3. The minimum absolute atomic E-state index is 0.0201. The van der Waals surface area contributed by atoms with Crippen molar-refractivity contribution >= 4 is 23.4 Å². The van der Waals surface area contributed by atoms with Crippen LogP contribution in [0.25, 0.3) is 5.69 Å². The van der Waals surface area contributed by atoms with Gasteiger partial charge in [0.15, 0.2) is 11.0 Å². The molecule has 1 unspecified atom stereocenters. The molecule has 0 amide bonds. The van der Waals surface area contributed by atoms with Crippen LogP contribution in [-0.2, 0) is 0 Å². The van der Waals surface area contributed by atoms with E-state index in [-0.39, 0.29) is 5.25 Å². The first-order valence-corrected chi connectivity index (χ1v) is 7.52. The van der Waals surface area contributed by atoms with Crippen molar-refractivity contribution in [3.05, 3.63) is 47.3 Å². The molecule has 0 aliphatic carbocycles. The Morgan fingerprint density at radius 2 is 2.24 bits per heavy atom. The van der Waals surface area contributed by atoms with E-state index in [0.717, 1.165) is 10.8 Å². The molecule has 1 atom stereocenters. The van der Waals surface area contributed by atoms with Crippen molar-refractivity contribution in [1.29, 1.82) is 0 Å². The lowest BCUT2D eigenvalue weighted by molar-refractivity contribution is 0.376. The van der Waals surface area contributed by atoms with Gasteiger partial charge in [-0.25, -0.2) is 0 Å². The van der Waals surface area contributed by atoms with Gasteiger partial charge >= 0.3 is 0 Å². The number of hydrogen-bond acceptors (Lipinski definition) is 6. The minimum atomic E-state index is -0.0201. The SMILES string of the molecule is Cc1noc(C(C)Sc2nncn2-c2cccc(Cl)c2)n1. The molecule has 2 heterocycles. The number of halogens is 1. The molecule has 6 nitrogen and oxygen atoms in total. The first-order chi connectivity index (χ1) is 10.1. The lowest BCUT2D eigenvalue weighted by Crippen LogP contribution is -1.97. The van der Waals surface area contributed by atoms with E-state index in [9.17, 15) is 0 Å². The summed E-state index contributed by atoms with van der Waals surface area (Å²) in [6.07, 6.45) is 1.65. The monoisotopic (exact) mass is 321 g/mol. The molecule has 2 aromatic heterocycles. The molecule has 0 saturated carbocycles. The molecule has 0 saturated heterocycles. The van der Waals surface area contributed by atoms with E-state index < -0.39 is 0 Å². The van der Waals surface area contributed by atoms with Crippen LogP contribution < -0.4 is 0 Å². The smallest absolute Gasteiger partial charge is 0.239 e. The second kappa shape index (κ2) is 5.87. The van der Waals surface area contributed by atoms with Gasteiger partial charge in [-0.1, -0.05) is 34.6 Å². The predicted molar refractivity (Wildman–Crippen MR) is 79.7 cm³/mol. The molecule has 0 aliphatic heterocycles. The Morgan fingerprint density at radius 1 is 1.38 bits per heavy atom. The van der Waals surface area contributed by atoms with Crippen molar-refractivity contribution in [2.75, 3.05) is 0 Å². The fourth-order valence-electron chi connectivity index (χ4n) is 1.79. The highest BCUT2D eigenvalue weighted by Gasteiger charge is 2.18. The van der Waals surface area contributed by atoms with Gasteiger partial charge in [-0.05, 0) is 32.0 Å². The van der Waals surface area contributed by atoms with Gasteiger partial charge in [-0.3, -0.25) is 4.57 Å². The molecule has 108 valence electrons. The third-order valence-electron chi connectivity index (χ3n) is 2.78. The van der Waals surface area contributed by atoms with Gasteiger partial charge in [0.05, 0.1) is 10.9 Å². The Balaban J connectivity index is 1.86. The average Bonchev–Trinajstić information content (AvgIpc) is 3.08. The quantitative estimate of drug-likeness (QED) is 0.685. The van der Waals surface area contributed by atoms with Gasteiger partial charge < -0.3 is 4.52 Å². The zero-order chi connectivity index (χ0) is 14.8. The van der Waals surface area contributed by atoms with Gasteiger partial charge in [0.1, 0.15) is 6.33 Å². The minimum Gasteiger partial charge on any atom is -0.338 e. The summed E-state index contributed by atoms with van der Waals surface area (Å²) in [7, 11) is 0. The lowest BCUT2D eigenvalue weighted by atomic mass is 10.3. The molecule has 0 N–H and O–H groups in total. The summed E-state index contributed by atoms with van der Waals surface area (Å²) < 4.78 is 7.05. The van der Waals surface area contributed by atoms with Crippen molar-refractivity contribution in [2.24, 2.45) is 0 Å². The summed E-state index contributed by atoms with van der Waals surface area (Å²) in [6, 6.07) is 7.51. The number of rotatable bonds is 4. The molecule has 0 spiro atoms. The summed E-state index contributed by atoms with van der Waals surface area (Å²) in [5.74, 6) is 1.19. The largest absolute Gasteiger partial charge is 0.338 e. The second-order valence-corrected chi connectivity index (χ2v) is 6.15. The maximum Gasteiger partial charge on any atom is 0.239 e. The predicted octanol–water partition coefficient (Wildman–Crippen LogP) is 3.47. The summed E-state index contributed by atoms with van der Waals surface area (Å²) in [6.45, 7) is 3.77. The van der Waals surface area contributed by atoms with E-state index in [0.29, 0.717) is 16.7 Å². The van der Waals surface area contributed by atoms with Crippen LogP contribution in [0, 0.1) is 6.92 Å². The van der Waals surface area contributed by atoms with Crippen LogP contribution >= 0.6 is 23.4 Å². The summed E-state index contributed by atoms with van der Waals surface area (Å²) in [4.78, 5) is 4.23. The summed E-state index contributed by atoms with van der Waals surface area (Å²) in [5.41, 5.74) is 0.906. The highest BCUT2D eigenvalue weighted by molar-refractivity contribution is 7.99. The molecule has 3 aromatic rings. The number of aryl methyl sites for hydroxylation is 1. The molecule has 21 heavy (non-hydrogen) atoms. The van der Waals surface area contributed by atoms with Crippen LogP contribution in [0.15, 0.2) is 40.3 Å². The molecule has 0 aliphatic rings. The second-order valence-electron chi connectivity index (χ2n) is 4.40. The third kappa shape index (κ3) is 3.08.